The maximum atomic E-state index is 14.0. The molecule has 2 unspecified atom stereocenters. The van der Waals surface area contributed by atoms with E-state index in [0.717, 1.165) is 41.6 Å². The molecule has 202 valence electrons. The molecule has 0 radical (unpaired) electrons. The molecule has 8 heteroatoms. The highest BCUT2D eigenvalue weighted by molar-refractivity contribution is 8.02. The van der Waals surface area contributed by atoms with Crippen LogP contribution in [0.3, 0.4) is 0 Å². The highest BCUT2D eigenvalue weighted by atomic mass is 32.2. The summed E-state index contributed by atoms with van der Waals surface area (Å²) in [6, 6.07) is 15.1. The van der Waals surface area contributed by atoms with E-state index in [1.165, 1.54) is 0 Å². The predicted molar refractivity (Wildman–Crippen MR) is 150 cm³/mol. The molecule has 0 saturated carbocycles. The molecule has 5 atom stereocenters. The summed E-state index contributed by atoms with van der Waals surface area (Å²) in [5.74, 6) is -1.29. The molecule has 3 aliphatic rings. The first-order valence-electron chi connectivity index (χ1n) is 13.6. The van der Waals surface area contributed by atoms with Gasteiger partial charge in [0.2, 0.25) is 17.7 Å². The topological polar surface area (TPSA) is 98.7 Å². The zero-order valence-electron chi connectivity index (χ0n) is 22.1. The number of nitrogens with one attached hydrogen (secondary N) is 2. The van der Waals surface area contributed by atoms with E-state index in [2.05, 4.69) is 10.6 Å². The quantitative estimate of drug-likeness (QED) is 0.402. The van der Waals surface area contributed by atoms with E-state index < -0.39 is 22.6 Å². The third-order valence-corrected chi connectivity index (χ3v) is 10.3. The summed E-state index contributed by atoms with van der Waals surface area (Å²) in [7, 11) is 0. The maximum Gasteiger partial charge on any atom is 0.248 e. The molecular formula is C30H37N3O4S. The number of aryl methyl sites for hydroxylation is 2. The molecule has 0 aliphatic carbocycles. The molecule has 7 nitrogen and oxygen atoms in total. The number of hydrogen-bond acceptors (Lipinski definition) is 5. The number of carbonyl (C=O) groups excluding carboxylic acids is 3. The molecule has 0 aromatic heterocycles. The molecule has 3 amide bonds. The van der Waals surface area contributed by atoms with Crippen LogP contribution >= 0.6 is 11.8 Å². The highest BCUT2D eigenvalue weighted by Gasteiger charge is 2.73. The minimum atomic E-state index is -0.629. The third kappa shape index (κ3) is 4.84. The Labute approximate surface area is 228 Å². The lowest BCUT2D eigenvalue weighted by atomic mass is 9.70. The molecule has 38 heavy (non-hydrogen) atoms. The van der Waals surface area contributed by atoms with Gasteiger partial charge in [-0.2, -0.15) is 0 Å². The van der Waals surface area contributed by atoms with Gasteiger partial charge < -0.3 is 20.6 Å². The number of thioether (sulfide) groups is 1. The van der Waals surface area contributed by atoms with E-state index in [9.17, 15) is 19.5 Å². The second kappa shape index (κ2) is 11.1. The molecule has 2 bridgehead atoms. The van der Waals surface area contributed by atoms with E-state index in [1.807, 2.05) is 62.4 Å². The zero-order valence-corrected chi connectivity index (χ0v) is 22.9. The van der Waals surface area contributed by atoms with Crippen LogP contribution in [0.25, 0.3) is 0 Å². The molecule has 2 aromatic rings. The fourth-order valence-corrected chi connectivity index (χ4v) is 8.76. The van der Waals surface area contributed by atoms with E-state index in [1.54, 1.807) is 16.7 Å². The Morgan fingerprint density at radius 3 is 2.63 bits per heavy atom. The number of hydrogen-bond donors (Lipinski definition) is 3. The van der Waals surface area contributed by atoms with Gasteiger partial charge in [0.15, 0.2) is 0 Å². The molecule has 3 N–H and O–H groups in total. The van der Waals surface area contributed by atoms with Crippen LogP contribution in [0.15, 0.2) is 48.5 Å². The van der Waals surface area contributed by atoms with Crippen LogP contribution in [-0.2, 0) is 20.9 Å². The number of nitrogens with zero attached hydrogens (tertiary/aromatic N) is 1. The van der Waals surface area contributed by atoms with Crippen LogP contribution in [0.1, 0.15) is 48.8 Å². The van der Waals surface area contributed by atoms with Crippen LogP contribution in [0.4, 0.5) is 5.69 Å². The highest BCUT2D eigenvalue weighted by Crippen LogP contribution is 2.66. The van der Waals surface area contributed by atoms with E-state index in [0.29, 0.717) is 25.9 Å². The van der Waals surface area contributed by atoms with E-state index >= 15 is 0 Å². The van der Waals surface area contributed by atoms with Crippen LogP contribution in [-0.4, -0.2) is 56.9 Å². The molecule has 5 rings (SSSR count). The van der Waals surface area contributed by atoms with Crippen molar-refractivity contribution in [1.82, 2.24) is 10.2 Å². The lowest BCUT2D eigenvalue weighted by Gasteiger charge is -2.34. The summed E-state index contributed by atoms with van der Waals surface area (Å²) in [6.07, 6.45) is 3.72. The van der Waals surface area contributed by atoms with Gasteiger partial charge in [-0.25, -0.2) is 0 Å². The fourth-order valence-electron chi connectivity index (χ4n) is 6.54. The molecular weight excluding hydrogens is 498 g/mol. The van der Waals surface area contributed by atoms with Crippen LogP contribution < -0.4 is 10.6 Å². The summed E-state index contributed by atoms with van der Waals surface area (Å²) < 4.78 is -0.602. The van der Waals surface area contributed by atoms with Gasteiger partial charge in [-0.05, 0) is 68.7 Å². The monoisotopic (exact) mass is 535 g/mol. The Morgan fingerprint density at radius 1 is 1.08 bits per heavy atom. The normalized spacial score (nSPS) is 27.4. The fraction of sp³-hybridized carbons (Fsp3) is 0.500. The largest absolute Gasteiger partial charge is 0.396 e. The summed E-state index contributed by atoms with van der Waals surface area (Å²) in [4.78, 5) is 43.3. The summed E-state index contributed by atoms with van der Waals surface area (Å²) in [5, 5.41) is 15.5. The lowest BCUT2D eigenvalue weighted by molar-refractivity contribution is -0.139. The average molecular weight is 536 g/mol. The maximum absolute atomic E-state index is 14.0. The number of likely N-dealkylation sites (tertiary alicyclic amines) is 1. The summed E-state index contributed by atoms with van der Waals surface area (Å²) in [6.45, 7) is 4.93. The van der Waals surface area contributed by atoms with E-state index in [4.69, 9.17) is 0 Å². The van der Waals surface area contributed by atoms with Crippen molar-refractivity contribution >= 4 is 35.2 Å². The van der Waals surface area contributed by atoms with Crippen LogP contribution in [0.5, 0.6) is 0 Å². The van der Waals surface area contributed by atoms with Gasteiger partial charge in [0.25, 0.3) is 0 Å². The van der Waals surface area contributed by atoms with E-state index in [-0.39, 0.29) is 29.6 Å². The predicted octanol–water partition coefficient (Wildman–Crippen LogP) is 3.81. The summed E-state index contributed by atoms with van der Waals surface area (Å²) in [5.41, 5.74) is 3.80. The number of unbranched alkanes of at least 4 members (excludes halogenated alkanes) is 2. The Bertz CT molecular complexity index is 1210. The van der Waals surface area contributed by atoms with Crippen molar-refractivity contribution in [3.63, 3.8) is 0 Å². The van der Waals surface area contributed by atoms with Crippen molar-refractivity contribution in [3.8, 4) is 0 Å². The number of fused-ring (bicyclic) bond motifs is 1. The Kier molecular flexibility index (Phi) is 7.82. The molecule has 2 aromatic carbocycles. The van der Waals surface area contributed by atoms with Gasteiger partial charge in [-0.3, -0.25) is 14.4 Å². The van der Waals surface area contributed by atoms with Gasteiger partial charge in [-0.15, -0.1) is 11.8 Å². The first kappa shape index (κ1) is 26.8. The molecule has 3 heterocycles. The number of benzene rings is 2. The Balaban J connectivity index is 1.41. The van der Waals surface area contributed by atoms with Gasteiger partial charge >= 0.3 is 0 Å². The lowest BCUT2D eigenvalue weighted by Crippen LogP contribution is -2.52. The van der Waals surface area contributed by atoms with Gasteiger partial charge in [-0.1, -0.05) is 42.5 Å². The number of aliphatic hydroxyl groups excluding tert-OH is 1. The van der Waals surface area contributed by atoms with Crippen LogP contribution in [0.2, 0.25) is 0 Å². The van der Waals surface area contributed by atoms with Crippen molar-refractivity contribution < 1.29 is 19.5 Å². The minimum absolute atomic E-state index is 0.0345. The van der Waals surface area contributed by atoms with Gasteiger partial charge in [0, 0.05) is 30.6 Å². The molecule has 3 saturated heterocycles. The third-order valence-electron chi connectivity index (χ3n) is 8.37. The zero-order chi connectivity index (χ0) is 26.9. The van der Waals surface area contributed by atoms with Crippen molar-refractivity contribution in [3.05, 3.63) is 65.2 Å². The second-order valence-corrected chi connectivity index (χ2v) is 12.5. The first-order valence-corrected chi connectivity index (χ1v) is 14.5. The molecule has 3 aliphatic heterocycles. The first-order chi connectivity index (χ1) is 18.4. The van der Waals surface area contributed by atoms with Crippen molar-refractivity contribution in [2.24, 2.45) is 11.8 Å². The minimum Gasteiger partial charge on any atom is -0.396 e. The number of anilines is 1. The molecule has 1 spiro atoms. The Morgan fingerprint density at radius 2 is 1.87 bits per heavy atom. The van der Waals surface area contributed by atoms with Crippen molar-refractivity contribution in [2.75, 3.05) is 18.5 Å². The number of rotatable bonds is 10. The van der Waals surface area contributed by atoms with Crippen LogP contribution in [0, 0.1) is 25.7 Å². The molecule has 3 fully saturated rings. The number of carbonyl (C=O) groups is 3. The van der Waals surface area contributed by atoms with Gasteiger partial charge in [0.05, 0.1) is 16.6 Å². The SMILES string of the molecule is Cc1ccc(C)c(NC(=O)C2N(CCCCCO)C(=O)[C@@H]3[C@H](C(=O)NCc4ccccc4)[C@@H]4CCC23S4)c1. The van der Waals surface area contributed by atoms with Crippen molar-refractivity contribution in [1.29, 1.82) is 0 Å². The Hall–Kier alpha value is -2.84. The second-order valence-electron chi connectivity index (χ2n) is 10.9. The van der Waals surface area contributed by atoms with Crippen molar-refractivity contribution in [2.45, 2.75) is 68.5 Å². The summed E-state index contributed by atoms with van der Waals surface area (Å²) >= 11 is 1.69. The smallest absolute Gasteiger partial charge is 0.248 e. The average Bonchev–Trinajstić information content (AvgIpc) is 3.55. The number of amides is 3. The van der Waals surface area contributed by atoms with Gasteiger partial charge in [0.1, 0.15) is 6.04 Å². The standard InChI is InChI=1S/C30H37N3O4S/c1-19-11-12-20(2)22(17-19)32-28(36)26-30-14-13-23(38-30)24(27(35)31-18-21-9-5-3-6-10-21)25(30)29(37)33(26)15-7-4-8-16-34/h3,5-6,9-12,17,23-26,34H,4,7-8,13-16,18H2,1-2H3,(H,31,35)(H,32,36)/t23-,24+,25-,26?,30?/m0/s1. The number of aliphatic hydroxyl groups is 1.